The third-order valence-corrected chi connectivity index (χ3v) is 6.69. The molecule has 0 radical (unpaired) electrons. The quantitative estimate of drug-likeness (QED) is 0.665. The first-order valence-electron chi connectivity index (χ1n) is 6.76. The van der Waals surface area contributed by atoms with Crippen LogP contribution in [0.3, 0.4) is 0 Å². The summed E-state index contributed by atoms with van der Waals surface area (Å²) in [6, 6.07) is 5.07. The number of nitrogens with one attached hydrogen (secondary N) is 1. The number of thiazole rings is 1. The number of carbonyl (C=O) groups is 1. The van der Waals surface area contributed by atoms with Crippen LogP contribution in [-0.2, 0) is 16.4 Å². The lowest BCUT2D eigenvalue weighted by Crippen LogP contribution is -2.15. The van der Waals surface area contributed by atoms with Crippen LogP contribution in [0.4, 0.5) is 5.69 Å². The molecule has 0 spiro atoms. The number of sulfonamides is 1. The molecule has 6 nitrogen and oxygen atoms in total. The molecule has 0 atom stereocenters. The molecule has 0 saturated carbocycles. The molecule has 2 aromatic heterocycles. The molecule has 1 aromatic carbocycles. The fraction of sp³-hybridized carbons (Fsp3) is 0.143. The first kappa shape index (κ1) is 17.4. The Morgan fingerprint density at radius 1 is 1.29 bits per heavy atom. The monoisotopic (exact) mass is 447 g/mol. The van der Waals surface area contributed by atoms with Crippen molar-refractivity contribution >= 4 is 66.1 Å². The van der Waals surface area contributed by atoms with Crippen molar-refractivity contribution in [3.05, 3.63) is 45.5 Å². The Kier molecular flexibility index (Phi) is 4.45. The Labute approximate surface area is 156 Å². The maximum absolute atomic E-state index is 12.7. The van der Waals surface area contributed by atoms with Gasteiger partial charge in [-0.1, -0.05) is 6.07 Å². The highest BCUT2D eigenvalue weighted by Crippen LogP contribution is 2.29. The first-order chi connectivity index (χ1) is 11.0. The summed E-state index contributed by atoms with van der Waals surface area (Å²) in [5, 5.41) is 1.81. The highest BCUT2D eigenvalue weighted by molar-refractivity contribution is 9.10. The number of Topliss-reactive ketones (excluding diaryl/α,β-unsaturated/α-hetero) is 1. The topological polar surface area (TPSA) is 80.5 Å². The minimum Gasteiger partial charge on any atom is -0.294 e. The second-order valence-corrected chi connectivity index (χ2v) is 8.39. The van der Waals surface area contributed by atoms with E-state index >= 15 is 0 Å². The molecule has 1 N–H and O–H groups in total. The van der Waals surface area contributed by atoms with Gasteiger partial charge in [0.2, 0.25) is 0 Å². The summed E-state index contributed by atoms with van der Waals surface area (Å²) in [7, 11) is -3.83. The number of nitrogens with zero attached hydrogens (tertiary/aromatic N) is 2. The zero-order valence-corrected chi connectivity index (χ0v) is 16.1. The van der Waals surface area contributed by atoms with Crippen molar-refractivity contribution in [2.24, 2.45) is 0 Å². The number of halogens is 2. The van der Waals surface area contributed by atoms with Crippen molar-refractivity contribution in [3.8, 4) is 0 Å². The second kappa shape index (κ2) is 6.14. The van der Waals surface area contributed by atoms with Gasteiger partial charge in [0.25, 0.3) is 10.0 Å². The number of rotatable bonds is 3. The van der Waals surface area contributed by atoms with Crippen molar-refractivity contribution in [2.75, 3.05) is 4.72 Å². The van der Waals surface area contributed by atoms with Crippen LogP contribution in [0.15, 0.2) is 39.4 Å². The van der Waals surface area contributed by atoms with Gasteiger partial charge in [0.15, 0.2) is 15.8 Å². The molecule has 0 fully saturated rings. The van der Waals surface area contributed by atoms with Gasteiger partial charge in [0.1, 0.15) is 4.60 Å². The van der Waals surface area contributed by atoms with Gasteiger partial charge >= 0.3 is 0 Å². The predicted octanol–water partition coefficient (Wildman–Crippen LogP) is 3.51. The molecule has 2 heterocycles. The summed E-state index contributed by atoms with van der Waals surface area (Å²) in [6.07, 6.45) is 2.85. The average molecular weight is 449 g/mol. The molecule has 3 aromatic rings. The number of benzene rings is 1. The Morgan fingerprint density at radius 2 is 2.08 bits per heavy atom. The number of hydrogen-bond acceptors (Lipinski definition) is 5. The van der Waals surface area contributed by atoms with Gasteiger partial charge in [-0.05, 0) is 40.0 Å². The standard InChI is InChI=1S/C14H10BrN3O3S2.ClH/c15-12-13(18-5-6-22-14(18)16-12)23(20,21)17-9-3-1-8-2-4-11(19)10(8)7-9;/h1,3,5-7,17H,2,4H2;1H. The smallest absolute Gasteiger partial charge is 0.280 e. The van der Waals surface area contributed by atoms with E-state index < -0.39 is 10.0 Å². The third-order valence-electron chi connectivity index (χ3n) is 3.72. The maximum Gasteiger partial charge on any atom is 0.280 e. The number of imidazole rings is 1. The zero-order chi connectivity index (χ0) is 16.2. The highest BCUT2D eigenvalue weighted by Gasteiger charge is 2.26. The Bertz CT molecular complexity index is 1060. The lowest BCUT2D eigenvalue weighted by atomic mass is 10.1. The number of aryl methyl sites for hydroxylation is 1. The van der Waals surface area contributed by atoms with Gasteiger partial charge < -0.3 is 0 Å². The molecular weight excluding hydrogens is 438 g/mol. The fourth-order valence-electron chi connectivity index (χ4n) is 2.68. The predicted molar refractivity (Wildman–Crippen MR) is 97.9 cm³/mol. The van der Waals surface area contributed by atoms with Gasteiger partial charge in [-0.2, -0.15) is 8.42 Å². The van der Waals surface area contributed by atoms with E-state index in [4.69, 9.17) is 0 Å². The molecule has 0 saturated heterocycles. The number of aromatic nitrogens is 2. The zero-order valence-electron chi connectivity index (χ0n) is 12.0. The molecule has 0 bridgehead atoms. The molecule has 0 amide bonds. The third kappa shape index (κ3) is 2.75. The summed E-state index contributed by atoms with van der Waals surface area (Å²) >= 11 is 4.54. The van der Waals surface area contributed by atoms with E-state index in [1.807, 2.05) is 0 Å². The minimum atomic E-state index is -3.83. The molecular formula is C14H11BrClN3O3S2. The van der Waals surface area contributed by atoms with Gasteiger partial charge in [0.05, 0.1) is 0 Å². The summed E-state index contributed by atoms with van der Waals surface area (Å²) in [4.78, 5) is 16.6. The largest absolute Gasteiger partial charge is 0.294 e. The van der Waals surface area contributed by atoms with Gasteiger partial charge in [-0.15, -0.1) is 23.7 Å². The van der Waals surface area contributed by atoms with E-state index in [-0.39, 0.29) is 27.8 Å². The van der Waals surface area contributed by atoms with Gasteiger partial charge in [-0.25, -0.2) is 4.98 Å². The molecule has 10 heteroatoms. The van der Waals surface area contributed by atoms with Crippen LogP contribution in [0.2, 0.25) is 0 Å². The molecule has 24 heavy (non-hydrogen) atoms. The van der Waals surface area contributed by atoms with Crippen LogP contribution >= 0.6 is 39.7 Å². The Morgan fingerprint density at radius 3 is 2.88 bits per heavy atom. The Balaban J connectivity index is 0.00000169. The van der Waals surface area contributed by atoms with Crippen LogP contribution in [0.5, 0.6) is 0 Å². The Hall–Kier alpha value is -1.42. The lowest BCUT2D eigenvalue weighted by Gasteiger charge is -2.09. The number of ketones is 1. The summed E-state index contributed by atoms with van der Waals surface area (Å²) in [5.41, 5.74) is 1.93. The fourth-order valence-corrected chi connectivity index (χ4v) is 5.78. The maximum atomic E-state index is 12.7. The summed E-state index contributed by atoms with van der Waals surface area (Å²) in [6.45, 7) is 0. The van der Waals surface area contributed by atoms with Crippen LogP contribution in [-0.4, -0.2) is 23.6 Å². The molecule has 0 unspecified atom stereocenters. The van der Waals surface area contributed by atoms with Crippen molar-refractivity contribution in [2.45, 2.75) is 17.9 Å². The van der Waals surface area contributed by atoms with E-state index in [1.54, 1.807) is 29.8 Å². The van der Waals surface area contributed by atoms with Crippen molar-refractivity contribution in [1.29, 1.82) is 0 Å². The molecule has 126 valence electrons. The van der Waals surface area contributed by atoms with E-state index in [1.165, 1.54) is 15.7 Å². The minimum absolute atomic E-state index is 0. The summed E-state index contributed by atoms with van der Waals surface area (Å²) in [5.74, 6) is 0.0480. The molecule has 0 aliphatic heterocycles. The van der Waals surface area contributed by atoms with Crippen LogP contribution in [0, 0.1) is 0 Å². The van der Waals surface area contributed by atoms with Crippen molar-refractivity contribution < 1.29 is 13.2 Å². The number of carbonyl (C=O) groups excluding carboxylic acids is 1. The van der Waals surface area contributed by atoms with E-state index in [0.29, 0.717) is 29.1 Å². The SMILES string of the molecule is Cl.O=C1CCc2ccc(NS(=O)(=O)c3c(Br)nc4sccn34)cc21. The van der Waals surface area contributed by atoms with Crippen LogP contribution < -0.4 is 4.72 Å². The average Bonchev–Trinajstić information content (AvgIpc) is 3.13. The van der Waals surface area contributed by atoms with Crippen LogP contribution in [0.1, 0.15) is 22.3 Å². The number of anilines is 1. The van der Waals surface area contributed by atoms with E-state index in [2.05, 4.69) is 25.6 Å². The van der Waals surface area contributed by atoms with Crippen molar-refractivity contribution in [1.82, 2.24) is 9.38 Å². The van der Waals surface area contributed by atoms with E-state index in [9.17, 15) is 13.2 Å². The van der Waals surface area contributed by atoms with Crippen LogP contribution in [0.25, 0.3) is 4.96 Å². The molecule has 4 rings (SSSR count). The van der Waals surface area contributed by atoms with Gasteiger partial charge in [-0.3, -0.25) is 13.9 Å². The van der Waals surface area contributed by atoms with Crippen molar-refractivity contribution in [3.63, 3.8) is 0 Å². The lowest BCUT2D eigenvalue weighted by molar-refractivity contribution is 0.0994. The van der Waals surface area contributed by atoms with Gasteiger partial charge in [0, 0.05) is 29.2 Å². The number of hydrogen-bond donors (Lipinski definition) is 1. The molecule has 1 aliphatic carbocycles. The highest BCUT2D eigenvalue weighted by atomic mass is 79.9. The summed E-state index contributed by atoms with van der Waals surface area (Å²) < 4.78 is 29.7. The number of fused-ring (bicyclic) bond motifs is 2. The second-order valence-electron chi connectivity index (χ2n) is 5.16. The first-order valence-corrected chi connectivity index (χ1v) is 9.91. The molecule has 1 aliphatic rings. The normalized spacial score (nSPS) is 13.8. The van der Waals surface area contributed by atoms with E-state index in [0.717, 1.165) is 5.56 Å².